The number of carbonyl (C=O) groups excluding carboxylic acids is 1. The lowest BCUT2D eigenvalue weighted by molar-refractivity contribution is -0.133. The average molecular weight is 325 g/mol. The van der Waals surface area contributed by atoms with Crippen LogP contribution in [0.2, 0.25) is 0 Å². The van der Waals surface area contributed by atoms with Crippen LogP contribution in [-0.2, 0) is 11.3 Å². The number of nitrogens with one attached hydrogen (secondary N) is 1. The first-order valence-corrected chi connectivity index (χ1v) is 7.57. The number of carbonyl (C=O) groups is 1. The van der Waals surface area contributed by atoms with Gasteiger partial charge in [-0.1, -0.05) is 18.2 Å². The van der Waals surface area contributed by atoms with Gasteiger partial charge < -0.3 is 15.0 Å². The van der Waals surface area contributed by atoms with E-state index < -0.39 is 0 Å². The Bertz CT molecular complexity index is 879. The van der Waals surface area contributed by atoms with Crippen molar-refractivity contribution in [3.63, 3.8) is 0 Å². The molecule has 9 heteroatoms. The van der Waals surface area contributed by atoms with Gasteiger partial charge in [-0.15, -0.1) is 14.8 Å². The number of ether oxygens (including phenoxy) is 1. The Morgan fingerprint density at radius 1 is 1.21 bits per heavy atom. The minimum absolute atomic E-state index is 0.0307. The second-order valence-corrected chi connectivity index (χ2v) is 5.38. The summed E-state index contributed by atoms with van der Waals surface area (Å²) in [6, 6.07) is 11.3. The number of para-hydroxylation sites is 1. The Hall–Kier alpha value is -3.23. The van der Waals surface area contributed by atoms with Gasteiger partial charge in [-0.2, -0.15) is 0 Å². The summed E-state index contributed by atoms with van der Waals surface area (Å²) in [5, 5.41) is 18.5. The van der Waals surface area contributed by atoms with Crippen LogP contribution < -0.4 is 10.1 Å². The largest absolute Gasteiger partial charge is 0.483 e. The standard InChI is InChI=1S/C15H15N7O2/c23-15-10-24-12-4-2-1-3-11(12)9-21(15)8-7-16-13-5-6-14-17-19-20-22(14)18-13/h1-6H,7-10H2,(H,16,18). The molecule has 3 aromatic rings. The molecule has 3 heterocycles. The number of anilines is 1. The Kier molecular flexibility index (Phi) is 3.66. The maximum Gasteiger partial charge on any atom is 0.260 e. The normalized spacial score (nSPS) is 14.2. The van der Waals surface area contributed by atoms with Crippen molar-refractivity contribution in [1.29, 1.82) is 0 Å². The van der Waals surface area contributed by atoms with Crippen molar-refractivity contribution in [2.24, 2.45) is 0 Å². The van der Waals surface area contributed by atoms with Crippen LogP contribution in [0.15, 0.2) is 36.4 Å². The van der Waals surface area contributed by atoms with Crippen molar-refractivity contribution >= 4 is 17.4 Å². The molecule has 1 N–H and O–H groups in total. The summed E-state index contributed by atoms with van der Waals surface area (Å²) in [6.45, 7) is 1.71. The average Bonchev–Trinajstić information content (AvgIpc) is 3.01. The van der Waals surface area contributed by atoms with Gasteiger partial charge in [0.25, 0.3) is 5.91 Å². The van der Waals surface area contributed by atoms with Crippen molar-refractivity contribution in [3.8, 4) is 5.75 Å². The van der Waals surface area contributed by atoms with Gasteiger partial charge in [0, 0.05) is 25.2 Å². The van der Waals surface area contributed by atoms with Crippen LogP contribution >= 0.6 is 0 Å². The predicted molar refractivity (Wildman–Crippen MR) is 84.4 cm³/mol. The molecule has 1 aliphatic heterocycles. The highest BCUT2D eigenvalue weighted by molar-refractivity contribution is 5.78. The van der Waals surface area contributed by atoms with E-state index in [1.807, 2.05) is 24.3 Å². The van der Waals surface area contributed by atoms with E-state index in [4.69, 9.17) is 4.74 Å². The number of benzene rings is 1. The third-order valence-corrected chi connectivity index (χ3v) is 3.80. The molecule has 122 valence electrons. The van der Waals surface area contributed by atoms with E-state index in [1.165, 1.54) is 4.63 Å². The quantitative estimate of drug-likeness (QED) is 0.739. The zero-order valence-electron chi connectivity index (χ0n) is 12.8. The highest BCUT2D eigenvalue weighted by Crippen LogP contribution is 2.22. The number of hydrogen-bond donors (Lipinski definition) is 1. The van der Waals surface area contributed by atoms with Crippen LogP contribution in [0.3, 0.4) is 0 Å². The lowest BCUT2D eigenvalue weighted by Crippen LogP contribution is -2.36. The minimum Gasteiger partial charge on any atom is -0.483 e. The predicted octanol–water partition coefficient (Wildman–Crippen LogP) is 0.352. The van der Waals surface area contributed by atoms with Gasteiger partial charge in [-0.3, -0.25) is 4.79 Å². The van der Waals surface area contributed by atoms with Crippen molar-refractivity contribution < 1.29 is 9.53 Å². The maximum absolute atomic E-state index is 12.2. The number of nitrogens with zero attached hydrogens (tertiary/aromatic N) is 6. The summed E-state index contributed by atoms with van der Waals surface area (Å²) in [7, 11) is 0. The molecule has 0 saturated carbocycles. The SMILES string of the molecule is O=C1COc2ccccc2CN1CCNc1ccc2nnnn2n1. The van der Waals surface area contributed by atoms with Gasteiger partial charge in [-0.05, 0) is 28.6 Å². The Morgan fingerprint density at radius 2 is 2.12 bits per heavy atom. The molecular weight excluding hydrogens is 310 g/mol. The first-order valence-electron chi connectivity index (χ1n) is 7.57. The highest BCUT2D eigenvalue weighted by atomic mass is 16.5. The number of fused-ring (bicyclic) bond motifs is 2. The van der Waals surface area contributed by atoms with Crippen LogP contribution in [0, 0.1) is 0 Å². The molecule has 1 aromatic carbocycles. The fourth-order valence-corrected chi connectivity index (χ4v) is 2.57. The molecule has 0 aliphatic carbocycles. The van der Waals surface area contributed by atoms with Crippen LogP contribution in [-0.4, -0.2) is 55.8 Å². The van der Waals surface area contributed by atoms with Crippen molar-refractivity contribution in [2.45, 2.75) is 6.54 Å². The van der Waals surface area contributed by atoms with Crippen LogP contribution in [0.5, 0.6) is 5.75 Å². The van der Waals surface area contributed by atoms with Gasteiger partial charge in [0.2, 0.25) is 0 Å². The molecule has 2 aromatic heterocycles. The highest BCUT2D eigenvalue weighted by Gasteiger charge is 2.20. The molecule has 0 saturated heterocycles. The Morgan fingerprint density at radius 3 is 3.08 bits per heavy atom. The van der Waals surface area contributed by atoms with Crippen LogP contribution in [0.4, 0.5) is 5.82 Å². The Balaban J connectivity index is 1.40. The molecule has 0 bridgehead atoms. The van der Waals surface area contributed by atoms with Gasteiger partial charge in [0.15, 0.2) is 12.3 Å². The molecule has 0 atom stereocenters. The molecule has 9 nitrogen and oxygen atoms in total. The maximum atomic E-state index is 12.2. The van der Waals surface area contributed by atoms with Gasteiger partial charge in [-0.25, -0.2) is 0 Å². The fourth-order valence-electron chi connectivity index (χ4n) is 2.57. The van der Waals surface area contributed by atoms with Gasteiger partial charge in [0.05, 0.1) is 0 Å². The second-order valence-electron chi connectivity index (χ2n) is 5.38. The zero-order valence-corrected chi connectivity index (χ0v) is 12.8. The first-order chi connectivity index (χ1) is 11.8. The third kappa shape index (κ3) is 2.83. The number of aromatic nitrogens is 5. The first kappa shape index (κ1) is 14.4. The number of tetrazole rings is 1. The third-order valence-electron chi connectivity index (χ3n) is 3.80. The fraction of sp³-hybridized carbons (Fsp3) is 0.267. The van der Waals surface area contributed by atoms with Crippen LogP contribution in [0.25, 0.3) is 5.65 Å². The van der Waals surface area contributed by atoms with Crippen molar-refractivity contribution in [2.75, 3.05) is 25.0 Å². The molecule has 0 fully saturated rings. The molecule has 24 heavy (non-hydrogen) atoms. The number of rotatable bonds is 4. The van der Waals surface area contributed by atoms with Gasteiger partial charge in [0.1, 0.15) is 11.6 Å². The molecule has 4 rings (SSSR count). The van der Waals surface area contributed by atoms with E-state index >= 15 is 0 Å². The molecule has 0 radical (unpaired) electrons. The van der Waals surface area contributed by atoms with Gasteiger partial charge >= 0.3 is 0 Å². The van der Waals surface area contributed by atoms with E-state index in [-0.39, 0.29) is 12.5 Å². The molecule has 1 aliphatic rings. The molecule has 0 spiro atoms. The Labute approximate surface area is 137 Å². The number of hydrogen-bond acceptors (Lipinski definition) is 7. The number of amides is 1. The summed E-state index contributed by atoms with van der Waals surface area (Å²) < 4.78 is 6.90. The zero-order chi connectivity index (χ0) is 16.4. The second kappa shape index (κ2) is 6.11. The van der Waals surface area contributed by atoms with E-state index in [2.05, 4.69) is 25.9 Å². The van der Waals surface area contributed by atoms with E-state index in [9.17, 15) is 4.79 Å². The summed E-state index contributed by atoms with van der Waals surface area (Å²) >= 11 is 0. The van der Waals surface area contributed by atoms with Crippen molar-refractivity contribution in [1.82, 2.24) is 30.2 Å². The monoisotopic (exact) mass is 325 g/mol. The van der Waals surface area contributed by atoms with Crippen molar-refractivity contribution in [3.05, 3.63) is 42.0 Å². The lowest BCUT2D eigenvalue weighted by Gasteiger charge is -2.20. The summed E-state index contributed by atoms with van der Waals surface area (Å²) in [6.07, 6.45) is 0. The summed E-state index contributed by atoms with van der Waals surface area (Å²) in [5.74, 6) is 1.39. The summed E-state index contributed by atoms with van der Waals surface area (Å²) in [4.78, 5) is 14.0. The minimum atomic E-state index is -0.0307. The van der Waals surface area contributed by atoms with Crippen LogP contribution in [0.1, 0.15) is 5.56 Å². The van der Waals surface area contributed by atoms with E-state index in [0.29, 0.717) is 31.1 Å². The molecule has 0 unspecified atom stereocenters. The summed E-state index contributed by atoms with van der Waals surface area (Å²) in [5.41, 5.74) is 1.59. The van der Waals surface area contributed by atoms with E-state index in [1.54, 1.807) is 17.0 Å². The van der Waals surface area contributed by atoms with E-state index in [0.717, 1.165) is 11.3 Å². The molecular formula is C15H15N7O2. The lowest BCUT2D eigenvalue weighted by atomic mass is 10.2. The topological polar surface area (TPSA) is 97.5 Å². The molecule has 1 amide bonds. The smallest absolute Gasteiger partial charge is 0.260 e.